The predicted molar refractivity (Wildman–Crippen MR) is 69.2 cm³/mol. The molecule has 4 heteroatoms. The molecule has 2 rings (SSSR count). The molecule has 0 fully saturated rings. The predicted octanol–water partition coefficient (Wildman–Crippen LogP) is 2.35. The van der Waals surface area contributed by atoms with Gasteiger partial charge in [-0.05, 0) is 37.5 Å². The molecule has 0 saturated carbocycles. The van der Waals surface area contributed by atoms with Crippen LogP contribution in [0.15, 0.2) is 23.8 Å². The van der Waals surface area contributed by atoms with Crippen LogP contribution >= 0.6 is 0 Å². The Balaban J connectivity index is 2.27. The number of carbonyl (C=O) groups excluding carboxylic acids is 1. The summed E-state index contributed by atoms with van der Waals surface area (Å²) in [4.78, 5) is 11.3. The van der Waals surface area contributed by atoms with Crippen molar-refractivity contribution in [1.82, 2.24) is 0 Å². The molecule has 1 aromatic rings. The maximum absolute atomic E-state index is 11.3. The summed E-state index contributed by atoms with van der Waals surface area (Å²) in [7, 11) is 0. The molecular formula is C14H17NO3. The molecule has 0 aromatic heterocycles. The van der Waals surface area contributed by atoms with Crippen LogP contribution in [0.3, 0.4) is 0 Å². The van der Waals surface area contributed by atoms with E-state index in [0.717, 1.165) is 17.5 Å². The van der Waals surface area contributed by atoms with Gasteiger partial charge < -0.3 is 15.2 Å². The van der Waals surface area contributed by atoms with Crippen molar-refractivity contribution in [3.05, 3.63) is 34.9 Å². The Morgan fingerprint density at radius 2 is 2.11 bits per heavy atom. The van der Waals surface area contributed by atoms with E-state index in [1.54, 1.807) is 13.0 Å². The minimum absolute atomic E-state index is 0.344. The normalized spacial score (nSPS) is 18.5. The second-order valence-corrected chi connectivity index (χ2v) is 4.44. The molecule has 0 bridgehead atoms. The largest absolute Gasteiger partial charge is 0.449 e. The number of hydrogen-bond acceptors (Lipinski definition) is 4. The molecule has 96 valence electrons. The van der Waals surface area contributed by atoms with Gasteiger partial charge in [-0.15, -0.1) is 0 Å². The molecular weight excluding hydrogens is 230 g/mol. The van der Waals surface area contributed by atoms with Crippen LogP contribution in [0.2, 0.25) is 0 Å². The lowest BCUT2D eigenvalue weighted by molar-refractivity contribution is -0.148. The van der Waals surface area contributed by atoms with Crippen molar-refractivity contribution in [2.24, 2.45) is 0 Å². The Hall–Kier alpha value is -1.97. The molecule has 0 amide bonds. The highest BCUT2D eigenvalue weighted by Crippen LogP contribution is 2.31. The Kier molecular flexibility index (Phi) is 3.28. The van der Waals surface area contributed by atoms with Gasteiger partial charge in [-0.1, -0.05) is 13.0 Å². The summed E-state index contributed by atoms with van der Waals surface area (Å²) >= 11 is 0. The zero-order valence-corrected chi connectivity index (χ0v) is 10.8. The molecule has 1 heterocycles. The van der Waals surface area contributed by atoms with Crippen LogP contribution in [-0.2, 0) is 16.0 Å². The van der Waals surface area contributed by atoms with Crippen LogP contribution in [0.5, 0.6) is 5.75 Å². The van der Waals surface area contributed by atoms with Crippen LogP contribution < -0.4 is 10.5 Å². The first-order valence-corrected chi connectivity index (χ1v) is 5.96. The summed E-state index contributed by atoms with van der Waals surface area (Å²) in [5, 5.41) is 0. The first kappa shape index (κ1) is 12.5. The third-order valence-electron chi connectivity index (χ3n) is 2.89. The Labute approximate surface area is 106 Å². The van der Waals surface area contributed by atoms with E-state index in [1.165, 1.54) is 0 Å². The third kappa shape index (κ3) is 2.32. The fourth-order valence-electron chi connectivity index (χ4n) is 1.96. The van der Waals surface area contributed by atoms with E-state index in [9.17, 15) is 4.79 Å². The minimum Gasteiger partial charge on any atom is -0.449 e. The van der Waals surface area contributed by atoms with Gasteiger partial charge in [0, 0.05) is 11.6 Å². The highest BCUT2D eigenvalue weighted by molar-refractivity contribution is 5.90. The topological polar surface area (TPSA) is 61.5 Å². The molecule has 0 radical (unpaired) electrons. The number of nitrogens with two attached hydrogens (primary N) is 1. The van der Waals surface area contributed by atoms with E-state index in [2.05, 4.69) is 0 Å². The van der Waals surface area contributed by atoms with E-state index in [0.29, 0.717) is 17.0 Å². The number of rotatable bonds is 3. The Bertz CT molecular complexity index is 520. The lowest BCUT2D eigenvalue weighted by Crippen LogP contribution is -2.17. The van der Waals surface area contributed by atoms with E-state index in [-0.39, 0.29) is 5.97 Å². The summed E-state index contributed by atoms with van der Waals surface area (Å²) in [6.45, 7) is 5.71. The standard InChI is InChI=1S/C14H17NO3/c1-4-10-5-8(2)6-11(15)13(10)17-12-7-9(3)14(16)18-12/h5-7,12H,4,15H2,1-3H3. The van der Waals surface area contributed by atoms with Crippen molar-refractivity contribution in [2.75, 3.05) is 5.73 Å². The van der Waals surface area contributed by atoms with Crippen LogP contribution in [-0.4, -0.2) is 12.3 Å². The van der Waals surface area contributed by atoms with Gasteiger partial charge in [0.05, 0.1) is 5.69 Å². The summed E-state index contributed by atoms with van der Waals surface area (Å²) in [6, 6.07) is 3.88. The Morgan fingerprint density at radius 1 is 1.39 bits per heavy atom. The van der Waals surface area contributed by atoms with Crippen molar-refractivity contribution < 1.29 is 14.3 Å². The molecule has 1 aliphatic heterocycles. The fraction of sp³-hybridized carbons (Fsp3) is 0.357. The van der Waals surface area contributed by atoms with Gasteiger partial charge in [0.2, 0.25) is 0 Å². The summed E-state index contributed by atoms with van der Waals surface area (Å²) < 4.78 is 10.7. The maximum atomic E-state index is 11.3. The van der Waals surface area contributed by atoms with E-state index >= 15 is 0 Å². The van der Waals surface area contributed by atoms with Crippen molar-refractivity contribution in [3.63, 3.8) is 0 Å². The highest BCUT2D eigenvalue weighted by Gasteiger charge is 2.25. The molecule has 1 unspecified atom stereocenters. The zero-order chi connectivity index (χ0) is 13.3. The smallest absolute Gasteiger partial charge is 0.336 e. The average Bonchev–Trinajstić information content (AvgIpc) is 2.61. The molecule has 0 aliphatic carbocycles. The number of esters is 1. The van der Waals surface area contributed by atoms with Gasteiger partial charge in [0.15, 0.2) is 5.75 Å². The number of hydrogen-bond donors (Lipinski definition) is 1. The molecule has 0 saturated heterocycles. The number of cyclic esters (lactones) is 1. The molecule has 18 heavy (non-hydrogen) atoms. The van der Waals surface area contributed by atoms with Crippen LogP contribution in [0.1, 0.15) is 25.0 Å². The lowest BCUT2D eigenvalue weighted by atomic mass is 10.1. The van der Waals surface area contributed by atoms with E-state index < -0.39 is 6.29 Å². The number of ether oxygens (including phenoxy) is 2. The van der Waals surface area contributed by atoms with E-state index in [1.807, 2.05) is 26.0 Å². The quantitative estimate of drug-likeness (QED) is 0.658. The molecule has 2 N–H and O–H groups in total. The van der Waals surface area contributed by atoms with Crippen LogP contribution in [0, 0.1) is 6.92 Å². The van der Waals surface area contributed by atoms with Crippen molar-refractivity contribution >= 4 is 11.7 Å². The summed E-state index contributed by atoms with van der Waals surface area (Å²) in [5.74, 6) is 0.260. The number of aryl methyl sites for hydroxylation is 2. The summed E-state index contributed by atoms with van der Waals surface area (Å²) in [5.41, 5.74) is 9.19. The number of benzene rings is 1. The zero-order valence-electron chi connectivity index (χ0n) is 10.8. The second-order valence-electron chi connectivity index (χ2n) is 4.44. The number of nitrogen functional groups attached to an aromatic ring is 1. The number of carbonyl (C=O) groups is 1. The van der Waals surface area contributed by atoms with Crippen molar-refractivity contribution in [2.45, 2.75) is 33.5 Å². The Morgan fingerprint density at radius 3 is 2.67 bits per heavy atom. The maximum Gasteiger partial charge on any atom is 0.336 e. The van der Waals surface area contributed by atoms with Gasteiger partial charge >= 0.3 is 5.97 Å². The molecule has 1 aliphatic rings. The fourth-order valence-corrected chi connectivity index (χ4v) is 1.96. The minimum atomic E-state index is -0.673. The third-order valence-corrected chi connectivity index (χ3v) is 2.89. The monoisotopic (exact) mass is 247 g/mol. The van der Waals surface area contributed by atoms with Gasteiger partial charge in [-0.2, -0.15) is 0 Å². The molecule has 4 nitrogen and oxygen atoms in total. The lowest BCUT2D eigenvalue weighted by Gasteiger charge is -2.17. The van der Waals surface area contributed by atoms with Crippen LogP contribution in [0.4, 0.5) is 5.69 Å². The highest BCUT2D eigenvalue weighted by atomic mass is 16.7. The molecule has 1 aromatic carbocycles. The van der Waals surface area contributed by atoms with Gasteiger partial charge in [-0.25, -0.2) is 4.79 Å². The SMILES string of the molecule is CCc1cc(C)cc(N)c1OC1C=C(C)C(=O)O1. The van der Waals surface area contributed by atoms with Crippen molar-refractivity contribution in [1.29, 1.82) is 0 Å². The summed E-state index contributed by atoms with van der Waals surface area (Å²) in [6.07, 6.45) is 1.79. The van der Waals surface area contributed by atoms with Gasteiger partial charge in [0.25, 0.3) is 6.29 Å². The van der Waals surface area contributed by atoms with E-state index in [4.69, 9.17) is 15.2 Å². The molecule has 0 spiro atoms. The average molecular weight is 247 g/mol. The molecule has 1 atom stereocenters. The van der Waals surface area contributed by atoms with Gasteiger partial charge in [-0.3, -0.25) is 0 Å². The van der Waals surface area contributed by atoms with Crippen molar-refractivity contribution in [3.8, 4) is 5.75 Å². The second kappa shape index (κ2) is 4.72. The van der Waals surface area contributed by atoms with Crippen LogP contribution in [0.25, 0.3) is 0 Å². The van der Waals surface area contributed by atoms with Gasteiger partial charge in [0.1, 0.15) is 0 Å². The number of anilines is 1. The first-order valence-electron chi connectivity index (χ1n) is 5.96. The first-order chi connectivity index (χ1) is 8.51.